The molecule has 0 bridgehead atoms. The predicted molar refractivity (Wildman–Crippen MR) is 95.2 cm³/mol. The third-order valence-electron chi connectivity index (χ3n) is 3.75. The number of ether oxygens (including phenoxy) is 2. The average Bonchev–Trinajstić information content (AvgIpc) is 2.66. The molecule has 0 saturated heterocycles. The first-order chi connectivity index (χ1) is 12.2. The summed E-state index contributed by atoms with van der Waals surface area (Å²) in [7, 11) is 0. The maximum atomic E-state index is 9.63. The molecule has 128 valence electrons. The number of rotatable bonds is 7. The van der Waals surface area contributed by atoms with Gasteiger partial charge in [0.1, 0.15) is 13.2 Å². The van der Waals surface area contributed by atoms with Crippen LogP contribution in [0.25, 0.3) is 0 Å². The molecule has 25 heavy (non-hydrogen) atoms. The summed E-state index contributed by atoms with van der Waals surface area (Å²) in [6.07, 6.45) is -1.63. The molecule has 0 aliphatic carbocycles. The lowest BCUT2D eigenvalue weighted by atomic mass is 10.1. The van der Waals surface area contributed by atoms with Gasteiger partial charge in [-0.3, -0.25) is 0 Å². The third kappa shape index (κ3) is 4.59. The zero-order valence-corrected chi connectivity index (χ0v) is 13.7. The maximum absolute atomic E-state index is 9.63. The van der Waals surface area contributed by atoms with Crippen molar-refractivity contribution < 1.29 is 19.7 Å². The van der Waals surface area contributed by atoms with Crippen molar-refractivity contribution in [3.8, 4) is 11.5 Å². The van der Waals surface area contributed by atoms with E-state index in [2.05, 4.69) is 0 Å². The first kappa shape index (κ1) is 17.0. The first-order valence-corrected chi connectivity index (χ1v) is 8.06. The summed E-state index contributed by atoms with van der Waals surface area (Å²) in [5, 5.41) is 19.3. The van der Waals surface area contributed by atoms with Crippen LogP contribution in [0.2, 0.25) is 0 Å². The molecular formula is C21H20O4. The molecule has 3 rings (SSSR count). The van der Waals surface area contributed by atoms with Gasteiger partial charge in [0.15, 0.2) is 17.8 Å². The largest absolute Gasteiger partial charge is 0.485 e. The second kappa shape index (κ2) is 8.33. The van der Waals surface area contributed by atoms with Crippen molar-refractivity contribution >= 4 is 0 Å². The second-order valence-electron chi connectivity index (χ2n) is 5.60. The lowest BCUT2D eigenvalue weighted by molar-refractivity contribution is -0.0445. The van der Waals surface area contributed by atoms with Crippen LogP contribution in [0.3, 0.4) is 0 Å². The molecule has 3 aromatic carbocycles. The van der Waals surface area contributed by atoms with Crippen LogP contribution in [0.1, 0.15) is 23.0 Å². The third-order valence-corrected chi connectivity index (χ3v) is 3.75. The molecule has 2 N–H and O–H groups in total. The molecule has 4 heteroatoms. The van der Waals surface area contributed by atoms with Crippen molar-refractivity contribution in [2.45, 2.75) is 19.5 Å². The van der Waals surface area contributed by atoms with E-state index in [9.17, 15) is 10.2 Å². The van der Waals surface area contributed by atoms with E-state index >= 15 is 0 Å². The standard InChI is InChI=1S/C21H20O4/c22-21(23)18-12-7-13-19(24-14-16-8-3-1-4-9-16)20(18)25-15-17-10-5-2-6-11-17/h1-13,21-23H,14-15H2. The van der Waals surface area contributed by atoms with Gasteiger partial charge in [-0.05, 0) is 23.3 Å². The van der Waals surface area contributed by atoms with Gasteiger partial charge in [0.2, 0.25) is 0 Å². The van der Waals surface area contributed by atoms with Crippen molar-refractivity contribution in [3.63, 3.8) is 0 Å². The van der Waals surface area contributed by atoms with E-state index in [0.717, 1.165) is 11.1 Å². The number of aliphatic hydroxyl groups is 2. The van der Waals surface area contributed by atoms with Crippen LogP contribution in [0, 0.1) is 0 Å². The molecule has 0 aromatic heterocycles. The van der Waals surface area contributed by atoms with Crippen LogP contribution in [-0.2, 0) is 13.2 Å². The molecule has 0 aliphatic rings. The van der Waals surface area contributed by atoms with Crippen molar-refractivity contribution in [2.75, 3.05) is 0 Å². The molecule has 0 saturated carbocycles. The predicted octanol–water partition coefficient (Wildman–Crippen LogP) is 3.83. The van der Waals surface area contributed by atoms with Crippen molar-refractivity contribution in [2.24, 2.45) is 0 Å². The highest BCUT2D eigenvalue weighted by Gasteiger charge is 2.16. The molecule has 0 fully saturated rings. The SMILES string of the molecule is OC(O)c1cccc(OCc2ccccc2)c1OCc1ccccc1. The Bertz CT molecular complexity index is 786. The van der Waals surface area contributed by atoms with E-state index in [4.69, 9.17) is 9.47 Å². The summed E-state index contributed by atoms with van der Waals surface area (Å²) in [4.78, 5) is 0. The highest BCUT2D eigenvalue weighted by Crippen LogP contribution is 2.35. The minimum atomic E-state index is -1.63. The Kier molecular flexibility index (Phi) is 5.67. The van der Waals surface area contributed by atoms with Gasteiger partial charge in [-0.25, -0.2) is 0 Å². The average molecular weight is 336 g/mol. The Morgan fingerprint density at radius 3 is 1.76 bits per heavy atom. The molecule has 0 heterocycles. The zero-order valence-electron chi connectivity index (χ0n) is 13.7. The summed E-state index contributed by atoms with van der Waals surface area (Å²) < 4.78 is 11.7. The molecule has 0 radical (unpaired) electrons. The fraction of sp³-hybridized carbons (Fsp3) is 0.143. The molecule has 4 nitrogen and oxygen atoms in total. The van der Waals surface area contributed by atoms with E-state index in [-0.39, 0.29) is 5.56 Å². The quantitative estimate of drug-likeness (QED) is 0.644. The van der Waals surface area contributed by atoms with Crippen LogP contribution in [0.4, 0.5) is 0 Å². The van der Waals surface area contributed by atoms with Crippen LogP contribution in [0.15, 0.2) is 78.9 Å². The van der Waals surface area contributed by atoms with Crippen molar-refractivity contribution in [1.82, 2.24) is 0 Å². The maximum Gasteiger partial charge on any atom is 0.182 e. The highest BCUT2D eigenvalue weighted by molar-refractivity contribution is 5.47. The Labute approximate surface area is 146 Å². The minimum absolute atomic E-state index is 0.279. The number of hydrogen-bond acceptors (Lipinski definition) is 4. The smallest absolute Gasteiger partial charge is 0.182 e. The summed E-state index contributed by atoms with van der Waals surface area (Å²) in [6.45, 7) is 0.680. The Hall–Kier alpha value is -2.82. The van der Waals surface area contributed by atoms with Gasteiger partial charge in [-0.15, -0.1) is 0 Å². The lowest BCUT2D eigenvalue weighted by Crippen LogP contribution is -2.05. The molecule has 0 aliphatic heterocycles. The van der Waals surface area contributed by atoms with Crippen LogP contribution >= 0.6 is 0 Å². The first-order valence-electron chi connectivity index (χ1n) is 8.06. The Morgan fingerprint density at radius 1 is 0.640 bits per heavy atom. The van der Waals surface area contributed by atoms with Gasteiger partial charge in [-0.2, -0.15) is 0 Å². The van der Waals surface area contributed by atoms with Crippen LogP contribution in [0.5, 0.6) is 11.5 Å². The Morgan fingerprint density at radius 2 is 1.20 bits per heavy atom. The number of para-hydroxylation sites is 1. The van der Waals surface area contributed by atoms with Gasteiger partial charge in [0, 0.05) is 0 Å². The normalized spacial score (nSPS) is 10.7. The molecule has 0 unspecified atom stereocenters. The van der Waals surface area contributed by atoms with Crippen LogP contribution in [-0.4, -0.2) is 10.2 Å². The van der Waals surface area contributed by atoms with Crippen molar-refractivity contribution in [1.29, 1.82) is 0 Å². The van der Waals surface area contributed by atoms with Gasteiger partial charge in [0.25, 0.3) is 0 Å². The second-order valence-corrected chi connectivity index (χ2v) is 5.60. The summed E-state index contributed by atoms with van der Waals surface area (Å²) in [5.74, 6) is 0.822. The van der Waals surface area contributed by atoms with Crippen LogP contribution < -0.4 is 9.47 Å². The van der Waals surface area contributed by atoms with E-state index < -0.39 is 6.29 Å². The molecule has 0 spiro atoms. The Balaban J connectivity index is 1.80. The van der Waals surface area contributed by atoms with Gasteiger partial charge in [0.05, 0.1) is 5.56 Å². The lowest BCUT2D eigenvalue weighted by Gasteiger charge is -2.17. The number of benzene rings is 3. The van der Waals surface area contributed by atoms with Crippen molar-refractivity contribution in [3.05, 3.63) is 95.6 Å². The van der Waals surface area contributed by atoms with E-state index in [1.807, 2.05) is 60.7 Å². The minimum Gasteiger partial charge on any atom is -0.485 e. The van der Waals surface area contributed by atoms with E-state index in [1.54, 1.807) is 18.2 Å². The highest BCUT2D eigenvalue weighted by atomic mass is 16.5. The summed E-state index contributed by atoms with van der Waals surface area (Å²) >= 11 is 0. The number of aliphatic hydroxyl groups excluding tert-OH is 1. The topological polar surface area (TPSA) is 58.9 Å². The summed E-state index contributed by atoms with van der Waals surface area (Å²) in [5.41, 5.74) is 2.28. The molecule has 0 atom stereocenters. The fourth-order valence-electron chi connectivity index (χ4n) is 2.47. The zero-order chi connectivity index (χ0) is 17.5. The molecular weight excluding hydrogens is 316 g/mol. The van der Waals surface area contributed by atoms with E-state index in [1.165, 1.54) is 0 Å². The van der Waals surface area contributed by atoms with E-state index in [0.29, 0.717) is 24.7 Å². The fourth-order valence-corrected chi connectivity index (χ4v) is 2.47. The van der Waals surface area contributed by atoms with Gasteiger partial charge < -0.3 is 19.7 Å². The van der Waals surface area contributed by atoms with Gasteiger partial charge >= 0.3 is 0 Å². The monoisotopic (exact) mass is 336 g/mol. The number of hydrogen-bond donors (Lipinski definition) is 2. The molecule has 0 amide bonds. The van der Waals surface area contributed by atoms with Gasteiger partial charge in [-0.1, -0.05) is 66.7 Å². The molecule has 3 aromatic rings. The summed E-state index contributed by atoms with van der Waals surface area (Å²) in [6, 6.07) is 24.5.